The van der Waals surface area contributed by atoms with Gasteiger partial charge in [0.2, 0.25) is 10.0 Å². The van der Waals surface area contributed by atoms with Gasteiger partial charge in [-0.1, -0.05) is 0 Å². The van der Waals surface area contributed by atoms with Gasteiger partial charge in [-0.2, -0.15) is 9.40 Å². The number of aromatic nitrogens is 2. The van der Waals surface area contributed by atoms with E-state index < -0.39 is 10.0 Å². The van der Waals surface area contributed by atoms with E-state index in [1.54, 1.807) is 18.7 Å². The monoisotopic (exact) mass is 294 g/mol. The summed E-state index contributed by atoms with van der Waals surface area (Å²) in [6.45, 7) is 5.47. The quantitative estimate of drug-likeness (QED) is 0.842. The molecule has 18 heavy (non-hydrogen) atoms. The second-order valence-electron chi connectivity index (χ2n) is 4.44. The Balaban J connectivity index is 0.00000162. The summed E-state index contributed by atoms with van der Waals surface area (Å²) in [6, 6.07) is 0.190. The van der Waals surface area contributed by atoms with Crippen molar-refractivity contribution in [3.63, 3.8) is 0 Å². The van der Waals surface area contributed by atoms with Gasteiger partial charge in [0.15, 0.2) is 0 Å². The van der Waals surface area contributed by atoms with Gasteiger partial charge in [0.1, 0.15) is 4.90 Å². The summed E-state index contributed by atoms with van der Waals surface area (Å²) >= 11 is 0. The lowest BCUT2D eigenvalue weighted by Gasteiger charge is -2.30. The zero-order valence-corrected chi connectivity index (χ0v) is 12.4. The van der Waals surface area contributed by atoms with Gasteiger partial charge in [-0.3, -0.25) is 4.68 Å². The van der Waals surface area contributed by atoms with Crippen LogP contribution in [0.2, 0.25) is 0 Å². The van der Waals surface area contributed by atoms with E-state index in [2.05, 4.69) is 10.4 Å². The van der Waals surface area contributed by atoms with Crippen LogP contribution in [0.5, 0.6) is 0 Å². The van der Waals surface area contributed by atoms with E-state index in [4.69, 9.17) is 0 Å². The molecule has 0 unspecified atom stereocenters. The van der Waals surface area contributed by atoms with E-state index in [9.17, 15) is 8.42 Å². The van der Waals surface area contributed by atoms with Crippen molar-refractivity contribution < 1.29 is 8.42 Å². The number of halogens is 1. The maximum atomic E-state index is 12.4. The third-order valence-electron chi connectivity index (χ3n) is 3.14. The Hall–Kier alpha value is -0.630. The lowest BCUT2D eigenvalue weighted by molar-refractivity contribution is 0.310. The first kappa shape index (κ1) is 15.4. The molecule has 0 spiro atoms. The second kappa shape index (κ2) is 5.56. The van der Waals surface area contributed by atoms with Crippen LogP contribution in [0.3, 0.4) is 0 Å². The average molecular weight is 295 g/mol. The first-order valence-corrected chi connectivity index (χ1v) is 7.09. The fraction of sp³-hybridized carbons (Fsp3) is 0.700. The first-order valence-electron chi connectivity index (χ1n) is 5.65. The highest BCUT2D eigenvalue weighted by molar-refractivity contribution is 7.89. The van der Waals surface area contributed by atoms with Crippen molar-refractivity contribution in [2.24, 2.45) is 7.05 Å². The van der Waals surface area contributed by atoms with Crippen molar-refractivity contribution in [1.29, 1.82) is 0 Å². The lowest BCUT2D eigenvalue weighted by Crippen LogP contribution is -2.51. The second-order valence-corrected chi connectivity index (χ2v) is 6.34. The lowest BCUT2D eigenvalue weighted by atomic mass is 10.3. The maximum absolute atomic E-state index is 12.4. The smallest absolute Gasteiger partial charge is 0.246 e. The van der Waals surface area contributed by atoms with Crippen LogP contribution < -0.4 is 5.32 Å². The van der Waals surface area contributed by atoms with Gasteiger partial charge < -0.3 is 5.32 Å². The van der Waals surface area contributed by atoms with E-state index in [1.807, 2.05) is 6.92 Å². The SMILES string of the molecule is Cc1c(S(=O)(=O)N2CCN[C@H](C)C2)cnn1C.Cl. The third kappa shape index (κ3) is 2.69. The summed E-state index contributed by atoms with van der Waals surface area (Å²) in [6.07, 6.45) is 1.43. The van der Waals surface area contributed by atoms with Crippen LogP contribution in [0.25, 0.3) is 0 Å². The molecule has 6 nitrogen and oxygen atoms in total. The molecule has 0 amide bonds. The summed E-state index contributed by atoms with van der Waals surface area (Å²) in [4.78, 5) is 0.314. The van der Waals surface area contributed by atoms with Crippen LogP contribution in [-0.2, 0) is 17.1 Å². The van der Waals surface area contributed by atoms with Crippen LogP contribution in [0, 0.1) is 6.92 Å². The molecule has 8 heteroatoms. The minimum absolute atomic E-state index is 0. The fourth-order valence-corrected chi connectivity index (χ4v) is 3.70. The standard InChI is InChI=1S/C10H18N4O2S.ClH/c1-8-7-14(5-4-11-8)17(15,16)10-6-12-13(3)9(10)2;/h6,8,11H,4-5,7H2,1-3H3;1H/t8-;/m1./s1. The summed E-state index contributed by atoms with van der Waals surface area (Å²) in [5.74, 6) is 0. The molecule has 0 aromatic carbocycles. The van der Waals surface area contributed by atoms with E-state index in [0.29, 0.717) is 30.2 Å². The summed E-state index contributed by atoms with van der Waals surface area (Å²) in [7, 11) is -1.65. The van der Waals surface area contributed by atoms with Crippen LogP contribution in [0.1, 0.15) is 12.6 Å². The molecule has 1 N–H and O–H groups in total. The topological polar surface area (TPSA) is 67.2 Å². The molecular formula is C10H19ClN4O2S. The van der Waals surface area contributed by atoms with Crippen molar-refractivity contribution >= 4 is 22.4 Å². The number of nitrogens with zero attached hydrogens (tertiary/aromatic N) is 3. The molecule has 2 rings (SSSR count). The highest BCUT2D eigenvalue weighted by atomic mass is 35.5. The van der Waals surface area contributed by atoms with Gasteiger partial charge in [-0.05, 0) is 13.8 Å². The predicted molar refractivity (Wildman–Crippen MR) is 71.4 cm³/mol. The minimum Gasteiger partial charge on any atom is -0.312 e. The molecule has 1 saturated heterocycles. The van der Waals surface area contributed by atoms with Crippen molar-refractivity contribution in [3.05, 3.63) is 11.9 Å². The molecule has 0 saturated carbocycles. The van der Waals surface area contributed by atoms with Crippen LogP contribution >= 0.6 is 12.4 Å². The molecular weight excluding hydrogens is 276 g/mol. The number of hydrogen-bond donors (Lipinski definition) is 1. The van der Waals surface area contributed by atoms with Gasteiger partial charge >= 0.3 is 0 Å². The Bertz CT molecular complexity index is 514. The summed E-state index contributed by atoms with van der Waals surface area (Å²) < 4.78 is 27.9. The largest absolute Gasteiger partial charge is 0.312 e. The van der Waals surface area contributed by atoms with Crippen molar-refractivity contribution in [2.45, 2.75) is 24.8 Å². The highest BCUT2D eigenvalue weighted by Gasteiger charge is 2.30. The maximum Gasteiger partial charge on any atom is 0.246 e. The zero-order valence-electron chi connectivity index (χ0n) is 10.8. The number of sulfonamides is 1. The molecule has 1 atom stereocenters. The van der Waals surface area contributed by atoms with E-state index in [0.717, 1.165) is 0 Å². The molecule has 2 heterocycles. The normalized spacial score (nSPS) is 21.6. The Labute approximate surface area is 114 Å². The molecule has 104 valence electrons. The van der Waals surface area contributed by atoms with Crippen LogP contribution in [0.4, 0.5) is 0 Å². The highest BCUT2D eigenvalue weighted by Crippen LogP contribution is 2.19. The van der Waals surface area contributed by atoms with E-state index >= 15 is 0 Å². The van der Waals surface area contributed by atoms with E-state index in [-0.39, 0.29) is 18.4 Å². The molecule has 1 aliphatic heterocycles. The zero-order chi connectivity index (χ0) is 12.6. The Morgan fingerprint density at radius 3 is 2.67 bits per heavy atom. The Morgan fingerprint density at radius 2 is 2.17 bits per heavy atom. The van der Waals surface area contributed by atoms with Gasteiger partial charge in [-0.25, -0.2) is 8.42 Å². The third-order valence-corrected chi connectivity index (χ3v) is 5.11. The number of nitrogens with one attached hydrogen (secondary N) is 1. The number of rotatable bonds is 2. The number of hydrogen-bond acceptors (Lipinski definition) is 4. The average Bonchev–Trinajstić information content (AvgIpc) is 2.60. The van der Waals surface area contributed by atoms with Crippen molar-refractivity contribution in [2.75, 3.05) is 19.6 Å². The number of piperazine rings is 1. The van der Waals surface area contributed by atoms with Crippen molar-refractivity contribution in [1.82, 2.24) is 19.4 Å². The summed E-state index contributed by atoms with van der Waals surface area (Å²) in [5, 5.41) is 7.22. The van der Waals surface area contributed by atoms with Crippen LogP contribution in [-0.4, -0.2) is 48.2 Å². The summed E-state index contributed by atoms with van der Waals surface area (Å²) in [5.41, 5.74) is 0.677. The van der Waals surface area contributed by atoms with Gasteiger partial charge in [0.25, 0.3) is 0 Å². The molecule has 0 radical (unpaired) electrons. The number of aryl methyl sites for hydroxylation is 1. The predicted octanol–water partition coefficient (Wildman–Crippen LogP) is 0.133. The van der Waals surface area contributed by atoms with Gasteiger partial charge in [0.05, 0.1) is 11.9 Å². The van der Waals surface area contributed by atoms with E-state index in [1.165, 1.54) is 10.5 Å². The fourth-order valence-electron chi connectivity index (χ4n) is 1.99. The molecule has 0 aliphatic carbocycles. The Kier molecular flexibility index (Phi) is 4.77. The molecule has 1 aromatic heterocycles. The molecule has 1 fully saturated rings. The van der Waals surface area contributed by atoms with Gasteiger partial charge in [0, 0.05) is 32.7 Å². The Morgan fingerprint density at radius 1 is 1.50 bits per heavy atom. The van der Waals surface area contributed by atoms with Gasteiger partial charge in [-0.15, -0.1) is 12.4 Å². The van der Waals surface area contributed by atoms with Crippen LogP contribution in [0.15, 0.2) is 11.1 Å². The molecule has 1 aliphatic rings. The first-order chi connectivity index (χ1) is 7.93. The van der Waals surface area contributed by atoms with Crippen molar-refractivity contribution in [3.8, 4) is 0 Å². The molecule has 1 aromatic rings. The minimum atomic E-state index is -3.39. The molecule has 0 bridgehead atoms.